The monoisotopic (exact) mass is 895 g/mol. The fraction of sp³-hybridized carbons (Fsp3) is 0.349. The summed E-state index contributed by atoms with van der Waals surface area (Å²) in [5.41, 5.74) is 11.6. The highest BCUT2D eigenvalue weighted by Gasteiger charge is 2.70. The fourth-order valence-corrected chi connectivity index (χ4v) is 10.7. The van der Waals surface area contributed by atoms with Gasteiger partial charge in [0.1, 0.15) is 17.5 Å². The topological polar surface area (TPSA) is 19.6 Å². The number of aromatic nitrogens is 1. The Morgan fingerprint density at radius 3 is 1.96 bits per heavy atom. The van der Waals surface area contributed by atoms with E-state index in [0.29, 0.717) is 44.9 Å². The molecule has 0 N–H and O–H groups in total. The van der Waals surface area contributed by atoms with Crippen molar-refractivity contribution in [1.29, 1.82) is 0 Å². The molecular weight excluding hydrogens is 815 g/mol. The largest absolute Gasteiger partial charge is 0.432 e. The molecule has 7 aromatic rings. The quantitative estimate of drug-likeness (QED) is 0.161. The van der Waals surface area contributed by atoms with Crippen LogP contribution in [0.3, 0.4) is 0 Å². The third kappa shape index (κ3) is 6.41. The van der Waals surface area contributed by atoms with Crippen LogP contribution >= 0.6 is 0 Å². The zero-order chi connectivity index (χ0) is 57.8. The molecule has 0 saturated heterocycles. The highest BCUT2D eigenvalue weighted by atomic mass is 16.5. The van der Waals surface area contributed by atoms with Crippen LogP contribution < -0.4 is 19.1 Å². The van der Waals surface area contributed by atoms with Gasteiger partial charge in [0.25, 0.3) is 0 Å². The fourth-order valence-electron chi connectivity index (χ4n) is 10.7. The van der Waals surface area contributed by atoms with Crippen LogP contribution in [0.25, 0.3) is 44.6 Å². The molecule has 1 aromatic heterocycles. The highest BCUT2D eigenvalue weighted by molar-refractivity contribution is 6.02. The van der Waals surface area contributed by atoms with Gasteiger partial charge in [-0.3, -0.25) is 0 Å². The van der Waals surface area contributed by atoms with E-state index in [2.05, 4.69) is 113 Å². The number of anilines is 3. The van der Waals surface area contributed by atoms with Gasteiger partial charge in [-0.2, -0.15) is 0 Å². The summed E-state index contributed by atoms with van der Waals surface area (Å²) in [6, 6.07) is 27.9. The maximum atomic E-state index is 9.39. The molecule has 0 aliphatic carbocycles. The molecule has 0 amide bonds. The number of rotatable bonds is 5. The zero-order valence-corrected chi connectivity index (χ0v) is 41.1. The minimum atomic E-state index is -2.88. The Labute approximate surface area is 417 Å². The first-order valence-corrected chi connectivity index (χ1v) is 23.5. The number of nitrogens with zero attached hydrogens (tertiary/aromatic N) is 3. The standard InChI is InChI=1S/C63H68N3O/c1-36(2)43-28-44(37(3)4)30-45(29-43)41-23-24-53(39(6)27-41)65-54-18-16-17-48-49-32-46(60(7,8)9)33-50-55-31-42(40-21-19-38(5)20-22-40)25-26-64(55)63(56(49)50)66(57(48)54)59(65)51-34-47(61(10,11)12)35-52(58(51)67-63)62(13,14)15/h16-37,59H,1-15H3/q+1/i5D3,6D3,19D,20D,21D,22D,36D,37D. The Bertz CT molecular complexity index is 3720. The van der Waals surface area contributed by atoms with Crippen molar-refractivity contribution >= 4 is 17.1 Å². The second-order valence-corrected chi connectivity index (χ2v) is 22.6. The van der Waals surface area contributed by atoms with E-state index >= 15 is 0 Å². The molecule has 1 spiro atoms. The van der Waals surface area contributed by atoms with E-state index in [9.17, 15) is 6.85 Å². The molecule has 0 radical (unpaired) electrons. The van der Waals surface area contributed by atoms with Crippen molar-refractivity contribution in [3.8, 4) is 50.4 Å². The maximum absolute atomic E-state index is 9.39. The highest BCUT2D eigenvalue weighted by Crippen LogP contribution is 2.68. The lowest BCUT2D eigenvalue weighted by atomic mass is 9.77. The number of pyridine rings is 1. The number of aryl methyl sites for hydroxylation is 1. The van der Waals surface area contributed by atoms with Crippen molar-refractivity contribution in [2.45, 2.75) is 144 Å². The maximum Gasteiger partial charge on any atom is 0.432 e. The van der Waals surface area contributed by atoms with Crippen molar-refractivity contribution in [2.75, 3.05) is 9.80 Å². The number of hydrogen-bond acceptors (Lipinski definition) is 3. The molecule has 2 unspecified atom stereocenters. The normalized spacial score (nSPS) is 21.0. The minimum Gasteiger partial charge on any atom is -0.410 e. The summed E-state index contributed by atoms with van der Waals surface area (Å²) in [4.78, 5) is 4.48. The summed E-state index contributed by atoms with van der Waals surface area (Å²) in [6.45, 7) is 21.3. The molecule has 2 atom stereocenters. The van der Waals surface area contributed by atoms with Crippen LogP contribution in [0.2, 0.25) is 0 Å². The van der Waals surface area contributed by atoms with E-state index in [1.165, 1.54) is 0 Å². The molecule has 0 bridgehead atoms. The van der Waals surface area contributed by atoms with Crippen LogP contribution in [-0.2, 0) is 22.1 Å². The van der Waals surface area contributed by atoms with Crippen LogP contribution in [0.4, 0.5) is 17.1 Å². The molecule has 0 saturated carbocycles. The molecule has 5 heterocycles. The van der Waals surface area contributed by atoms with E-state index in [-0.39, 0.29) is 22.0 Å². The van der Waals surface area contributed by atoms with Gasteiger partial charge in [-0.1, -0.05) is 162 Å². The van der Waals surface area contributed by atoms with E-state index in [1.54, 1.807) is 12.1 Å². The van der Waals surface area contributed by atoms with Gasteiger partial charge in [-0.05, 0) is 128 Å². The average molecular weight is 895 g/mol. The lowest BCUT2D eigenvalue weighted by Crippen LogP contribution is -2.71. The first-order chi connectivity index (χ1) is 36.3. The van der Waals surface area contributed by atoms with Gasteiger partial charge in [-0.15, -0.1) is 4.57 Å². The van der Waals surface area contributed by atoms with Gasteiger partial charge in [0, 0.05) is 51.0 Å². The van der Waals surface area contributed by atoms with Crippen LogP contribution in [0.1, 0.15) is 174 Å². The molecule has 4 aliphatic rings. The molecule has 4 aliphatic heterocycles. The first kappa shape index (κ1) is 31.8. The molecule has 4 nitrogen and oxygen atoms in total. The Balaban J connectivity index is 1.26. The number of hydrogen-bond donors (Lipinski definition) is 0. The Morgan fingerprint density at radius 1 is 0.642 bits per heavy atom. The number of para-hydroxylation sites is 1. The van der Waals surface area contributed by atoms with E-state index in [4.69, 9.17) is 14.3 Å². The van der Waals surface area contributed by atoms with Gasteiger partial charge in [-0.25, -0.2) is 4.90 Å². The summed E-state index contributed by atoms with van der Waals surface area (Å²) in [5.74, 6) is -2.84. The van der Waals surface area contributed by atoms with Crippen LogP contribution in [-0.4, -0.2) is 0 Å². The average Bonchev–Trinajstić information content (AvgIpc) is 1.83. The Morgan fingerprint density at radius 2 is 1.31 bits per heavy atom. The van der Waals surface area contributed by atoms with Crippen molar-refractivity contribution in [3.63, 3.8) is 0 Å². The van der Waals surface area contributed by atoms with Gasteiger partial charge in [0.15, 0.2) is 6.20 Å². The van der Waals surface area contributed by atoms with Gasteiger partial charge >= 0.3 is 5.85 Å². The Hall–Kier alpha value is -6.13. The number of fused-ring (bicyclic) bond motifs is 5. The molecule has 11 rings (SSSR count). The van der Waals surface area contributed by atoms with Crippen LogP contribution in [0.15, 0.2) is 121 Å². The van der Waals surface area contributed by atoms with Crippen LogP contribution in [0.5, 0.6) is 5.75 Å². The predicted molar refractivity (Wildman–Crippen MR) is 280 cm³/mol. The summed E-state index contributed by atoms with van der Waals surface area (Å²) in [6.07, 6.45) is 1.14. The Kier molecular flexibility index (Phi) is 6.85. The summed E-state index contributed by atoms with van der Waals surface area (Å²) >= 11 is 0. The summed E-state index contributed by atoms with van der Waals surface area (Å²) in [7, 11) is 0. The molecule has 0 fully saturated rings. The van der Waals surface area contributed by atoms with Crippen molar-refractivity contribution < 1.29 is 25.8 Å². The minimum absolute atomic E-state index is 0.0261. The molecular formula is C63H68N3O+. The van der Waals surface area contributed by atoms with Crippen LogP contribution in [0, 0.1) is 13.7 Å². The van der Waals surface area contributed by atoms with Crippen molar-refractivity contribution in [2.24, 2.45) is 0 Å². The third-order valence-corrected chi connectivity index (χ3v) is 14.4. The molecule has 4 heteroatoms. The molecule has 67 heavy (non-hydrogen) atoms. The number of benzene rings is 6. The lowest BCUT2D eigenvalue weighted by molar-refractivity contribution is -0.774. The van der Waals surface area contributed by atoms with Crippen molar-refractivity contribution in [3.05, 3.63) is 171 Å². The lowest BCUT2D eigenvalue weighted by Gasteiger charge is -2.49. The first-order valence-electron chi connectivity index (χ1n) is 29.5. The molecule has 6 aromatic carbocycles. The van der Waals surface area contributed by atoms with Gasteiger partial charge in [0.2, 0.25) is 5.69 Å². The number of ether oxygens (including phenoxy) is 1. The summed E-state index contributed by atoms with van der Waals surface area (Å²) < 4.78 is 117. The second kappa shape index (κ2) is 14.4. The smallest absolute Gasteiger partial charge is 0.410 e. The predicted octanol–water partition coefficient (Wildman–Crippen LogP) is 16.4. The third-order valence-electron chi connectivity index (χ3n) is 14.4. The van der Waals surface area contributed by atoms with E-state index in [0.717, 1.165) is 55.9 Å². The summed E-state index contributed by atoms with van der Waals surface area (Å²) in [5, 5.41) is 0. The van der Waals surface area contributed by atoms with Gasteiger partial charge in [0.05, 0.1) is 22.4 Å². The van der Waals surface area contributed by atoms with Crippen molar-refractivity contribution in [1.82, 2.24) is 0 Å². The second-order valence-electron chi connectivity index (χ2n) is 22.6. The van der Waals surface area contributed by atoms with E-state index in [1.807, 2.05) is 76.4 Å². The van der Waals surface area contributed by atoms with Gasteiger partial charge < -0.3 is 9.64 Å². The SMILES string of the molecule is [2H]c1c([2H])c(C([2H])([2H])[2H])c([2H])c([2H])c1-c1cc[n+]2c(c1)-c1cc(C(C)(C)C)cc3c1C21Oc2c(cc(C(C)(C)C)cc2C(C)(C)C)C2N(c4ccc(-c5cc(C([2H])(C)C)cc(C([2H])(C)C)c5)cc4C([2H])([2H])[2H])c4cccc-3c4N21. The zero-order valence-electron chi connectivity index (χ0n) is 53.1. The van der Waals surface area contributed by atoms with E-state index < -0.39 is 72.7 Å². The molecule has 340 valence electrons.